The molecule has 0 radical (unpaired) electrons. The predicted octanol–water partition coefficient (Wildman–Crippen LogP) is 1.53. The van der Waals surface area contributed by atoms with E-state index in [1.807, 2.05) is 25.7 Å². The Morgan fingerprint density at radius 3 is 2.33 bits per heavy atom. The average molecular weight is 415 g/mol. The highest BCUT2D eigenvalue weighted by atomic mass is 35.5. The van der Waals surface area contributed by atoms with Gasteiger partial charge in [0.2, 0.25) is 11.8 Å². The molecule has 150 valence electrons. The Bertz CT molecular complexity index is 693. The molecule has 1 saturated heterocycles. The van der Waals surface area contributed by atoms with Gasteiger partial charge in [0.15, 0.2) is 0 Å². The molecule has 0 bridgehead atoms. The van der Waals surface area contributed by atoms with Gasteiger partial charge in [0.25, 0.3) is 5.91 Å². The first-order valence-corrected chi connectivity index (χ1v) is 10.1. The fourth-order valence-electron chi connectivity index (χ4n) is 2.81. The zero-order chi connectivity index (χ0) is 20.2. The molecule has 0 aromatic carbocycles. The minimum atomic E-state index is -0.251. The Morgan fingerprint density at radius 1 is 1.19 bits per heavy atom. The van der Waals surface area contributed by atoms with Crippen molar-refractivity contribution in [1.82, 2.24) is 20.0 Å². The van der Waals surface area contributed by atoms with E-state index < -0.39 is 0 Å². The van der Waals surface area contributed by atoms with E-state index in [4.69, 9.17) is 11.6 Å². The maximum atomic E-state index is 12.5. The van der Waals surface area contributed by atoms with E-state index in [1.165, 1.54) is 16.2 Å². The molecule has 3 amide bonds. The molecule has 27 heavy (non-hydrogen) atoms. The summed E-state index contributed by atoms with van der Waals surface area (Å²) >= 11 is 7.06. The molecule has 1 aliphatic heterocycles. The van der Waals surface area contributed by atoms with Gasteiger partial charge >= 0.3 is 0 Å². The van der Waals surface area contributed by atoms with Crippen LogP contribution in [0.15, 0.2) is 12.1 Å². The minimum Gasteiger partial charge on any atom is -0.350 e. The average Bonchev–Trinajstić information content (AvgIpc) is 2.99. The van der Waals surface area contributed by atoms with Crippen LogP contribution in [0.1, 0.15) is 30.4 Å². The summed E-state index contributed by atoms with van der Waals surface area (Å²) in [5.74, 6) is -0.313. The molecule has 1 aromatic heterocycles. The summed E-state index contributed by atoms with van der Waals surface area (Å²) in [4.78, 5) is 42.5. The largest absolute Gasteiger partial charge is 0.350 e. The number of rotatable bonds is 5. The van der Waals surface area contributed by atoms with Gasteiger partial charge in [0.05, 0.1) is 22.3 Å². The van der Waals surface area contributed by atoms with Crippen LogP contribution in [-0.2, 0) is 9.59 Å². The first-order valence-electron chi connectivity index (χ1n) is 8.87. The van der Waals surface area contributed by atoms with Gasteiger partial charge < -0.3 is 15.1 Å². The zero-order valence-electron chi connectivity index (χ0n) is 16.2. The van der Waals surface area contributed by atoms with Crippen molar-refractivity contribution in [2.45, 2.75) is 26.3 Å². The Morgan fingerprint density at radius 2 is 1.81 bits per heavy atom. The fourth-order valence-corrected chi connectivity index (χ4v) is 3.85. The number of halogens is 1. The third-order valence-electron chi connectivity index (χ3n) is 4.11. The van der Waals surface area contributed by atoms with Crippen LogP contribution < -0.4 is 5.32 Å². The smallest absolute Gasteiger partial charge is 0.264 e. The van der Waals surface area contributed by atoms with E-state index in [2.05, 4.69) is 5.32 Å². The minimum absolute atomic E-state index is 0.0118. The highest BCUT2D eigenvalue weighted by Crippen LogP contribution is 2.22. The summed E-state index contributed by atoms with van der Waals surface area (Å²) in [6, 6.07) is 3.34. The summed E-state index contributed by atoms with van der Waals surface area (Å²) < 4.78 is 0.546. The number of carbonyl (C=O) groups is 3. The third-order valence-corrected chi connectivity index (χ3v) is 5.33. The normalized spacial score (nSPS) is 15.5. The van der Waals surface area contributed by atoms with Crippen LogP contribution >= 0.6 is 22.9 Å². The zero-order valence-corrected chi connectivity index (χ0v) is 17.8. The molecule has 2 heterocycles. The van der Waals surface area contributed by atoms with Crippen LogP contribution in [-0.4, -0.2) is 84.3 Å². The Kier molecular flexibility index (Phi) is 7.25. The Balaban J connectivity index is 1.77. The van der Waals surface area contributed by atoms with Gasteiger partial charge in [-0.1, -0.05) is 11.6 Å². The van der Waals surface area contributed by atoms with Crippen molar-refractivity contribution < 1.29 is 14.4 Å². The molecule has 1 aliphatic rings. The second-order valence-electron chi connectivity index (χ2n) is 7.72. The summed E-state index contributed by atoms with van der Waals surface area (Å²) in [5, 5.41) is 2.94. The van der Waals surface area contributed by atoms with Crippen LogP contribution in [0.25, 0.3) is 0 Å². The SMILES string of the molecule is CN(CC(=O)N1CCN(CC(=O)NC(C)(C)C)CC1)C(=O)c1ccc(Cl)s1. The van der Waals surface area contributed by atoms with E-state index >= 15 is 0 Å². The van der Waals surface area contributed by atoms with E-state index in [1.54, 1.807) is 24.1 Å². The lowest BCUT2D eigenvalue weighted by molar-refractivity contribution is -0.133. The molecule has 0 aliphatic carbocycles. The van der Waals surface area contributed by atoms with E-state index in [0.29, 0.717) is 41.9 Å². The second kappa shape index (κ2) is 9.03. The summed E-state index contributed by atoms with van der Waals surface area (Å²) in [6.45, 7) is 8.58. The standard InChI is InChI=1S/C18H27ClN4O3S/c1-18(2,3)20-15(24)11-22-7-9-23(10-8-22)16(25)12-21(4)17(26)13-5-6-14(19)27-13/h5-6H,7-12H2,1-4H3,(H,20,24). The van der Waals surface area contributed by atoms with Crippen LogP contribution in [0, 0.1) is 0 Å². The predicted molar refractivity (Wildman–Crippen MR) is 107 cm³/mol. The van der Waals surface area contributed by atoms with Crippen LogP contribution in [0.5, 0.6) is 0 Å². The molecule has 1 N–H and O–H groups in total. The number of hydrogen-bond donors (Lipinski definition) is 1. The third kappa shape index (κ3) is 6.79. The molecule has 2 rings (SSSR count). The lowest BCUT2D eigenvalue weighted by Crippen LogP contribution is -2.54. The molecule has 0 atom stereocenters. The summed E-state index contributed by atoms with van der Waals surface area (Å²) in [7, 11) is 1.61. The highest BCUT2D eigenvalue weighted by Gasteiger charge is 2.25. The van der Waals surface area contributed by atoms with Crippen molar-refractivity contribution in [2.75, 3.05) is 46.3 Å². The van der Waals surface area contributed by atoms with E-state index in [0.717, 1.165) is 0 Å². The number of hydrogen-bond acceptors (Lipinski definition) is 5. The number of likely N-dealkylation sites (N-methyl/N-ethyl adjacent to an activating group) is 1. The molecular weight excluding hydrogens is 388 g/mol. The molecule has 0 saturated carbocycles. The number of nitrogens with one attached hydrogen (secondary N) is 1. The monoisotopic (exact) mass is 414 g/mol. The van der Waals surface area contributed by atoms with Gasteiger partial charge in [-0.15, -0.1) is 11.3 Å². The molecule has 1 aromatic rings. The van der Waals surface area contributed by atoms with Crippen molar-refractivity contribution in [3.05, 3.63) is 21.3 Å². The highest BCUT2D eigenvalue weighted by molar-refractivity contribution is 7.17. The molecule has 0 spiro atoms. The quantitative estimate of drug-likeness (QED) is 0.793. The van der Waals surface area contributed by atoms with Crippen molar-refractivity contribution in [1.29, 1.82) is 0 Å². The number of thiophene rings is 1. The van der Waals surface area contributed by atoms with Gasteiger partial charge in [0.1, 0.15) is 0 Å². The molecule has 9 heteroatoms. The fraction of sp³-hybridized carbons (Fsp3) is 0.611. The Hall–Kier alpha value is -1.64. The number of nitrogens with zero attached hydrogens (tertiary/aromatic N) is 3. The molecule has 7 nitrogen and oxygen atoms in total. The maximum absolute atomic E-state index is 12.5. The molecular formula is C18H27ClN4O3S. The van der Waals surface area contributed by atoms with Crippen LogP contribution in [0.4, 0.5) is 0 Å². The second-order valence-corrected chi connectivity index (χ2v) is 9.44. The Labute approximate surface area is 169 Å². The molecule has 1 fully saturated rings. The van der Waals surface area contributed by atoms with Crippen LogP contribution in [0.3, 0.4) is 0 Å². The van der Waals surface area contributed by atoms with Gasteiger partial charge in [-0.05, 0) is 32.9 Å². The van der Waals surface area contributed by atoms with Crippen molar-refractivity contribution in [3.8, 4) is 0 Å². The first kappa shape index (κ1) is 21.7. The summed E-state index contributed by atoms with van der Waals surface area (Å²) in [6.07, 6.45) is 0. The van der Waals surface area contributed by atoms with Crippen molar-refractivity contribution in [3.63, 3.8) is 0 Å². The first-order chi connectivity index (χ1) is 12.5. The van der Waals surface area contributed by atoms with E-state index in [-0.39, 0.29) is 29.8 Å². The van der Waals surface area contributed by atoms with Gasteiger partial charge in [-0.25, -0.2) is 0 Å². The van der Waals surface area contributed by atoms with Gasteiger partial charge in [0, 0.05) is 38.8 Å². The van der Waals surface area contributed by atoms with Crippen LogP contribution in [0.2, 0.25) is 4.34 Å². The van der Waals surface area contributed by atoms with Gasteiger partial charge in [-0.2, -0.15) is 0 Å². The molecule has 0 unspecified atom stereocenters. The lowest BCUT2D eigenvalue weighted by Gasteiger charge is -2.35. The van der Waals surface area contributed by atoms with E-state index in [9.17, 15) is 14.4 Å². The van der Waals surface area contributed by atoms with Crippen molar-refractivity contribution >= 4 is 40.7 Å². The topological polar surface area (TPSA) is 73.0 Å². The number of piperazine rings is 1. The summed E-state index contributed by atoms with van der Waals surface area (Å²) in [5.41, 5.74) is -0.251. The van der Waals surface area contributed by atoms with Crippen molar-refractivity contribution in [2.24, 2.45) is 0 Å². The number of carbonyl (C=O) groups excluding carboxylic acids is 3. The number of amides is 3. The lowest BCUT2D eigenvalue weighted by atomic mass is 10.1. The van der Waals surface area contributed by atoms with Gasteiger partial charge in [-0.3, -0.25) is 19.3 Å². The maximum Gasteiger partial charge on any atom is 0.264 e.